The third-order valence-corrected chi connectivity index (χ3v) is 1.51. The molecule has 0 aliphatic carbocycles. The van der Waals surface area contributed by atoms with Gasteiger partial charge in [-0.05, 0) is 0 Å². The van der Waals surface area contributed by atoms with Crippen molar-refractivity contribution in [2.75, 3.05) is 6.61 Å². The topological polar surface area (TPSA) is 282 Å². The van der Waals surface area contributed by atoms with Gasteiger partial charge in [0.25, 0.3) is 0 Å². The molecular weight excluding hydrogens is 336 g/mol. The van der Waals surface area contributed by atoms with Gasteiger partial charge >= 0.3 is 22.4 Å². The third-order valence-electron chi connectivity index (χ3n) is 1.51. The van der Waals surface area contributed by atoms with E-state index in [0.29, 0.717) is 0 Å². The number of carbonyl (C=O) groups excluding carboxylic acids is 1. The molecule has 0 radical (unpaired) electrons. The minimum atomic E-state index is -4.67. The van der Waals surface area contributed by atoms with Crippen molar-refractivity contribution in [2.45, 2.75) is 24.4 Å². The Morgan fingerprint density at radius 1 is 0.955 bits per heavy atom. The lowest BCUT2D eigenvalue weighted by Crippen LogP contribution is -2.48. The van der Waals surface area contributed by atoms with Gasteiger partial charge in [0.2, 0.25) is 0 Å². The summed E-state index contributed by atoms with van der Waals surface area (Å²) in [6, 6.07) is -0.833. The maximum atomic E-state index is 10.1. The normalized spacial score (nSPS) is 15.8. The zero-order valence-electron chi connectivity index (χ0n) is 10.8. The van der Waals surface area contributed by atoms with E-state index in [1.165, 1.54) is 0 Å². The Morgan fingerprint density at radius 3 is 1.41 bits per heavy atom. The van der Waals surface area contributed by atoms with E-state index >= 15 is 0 Å². The molecule has 0 bridgehead atoms. The second-order valence-corrected chi connectivity index (χ2v) is 4.26. The van der Waals surface area contributed by atoms with Crippen LogP contribution in [0.4, 0.5) is 4.79 Å². The summed E-state index contributed by atoms with van der Waals surface area (Å²) in [7, 11) is -4.67. The van der Waals surface area contributed by atoms with E-state index in [4.69, 9.17) is 53.0 Å². The second-order valence-electron chi connectivity index (χ2n) is 3.36. The highest BCUT2D eigenvalue weighted by atomic mass is 32.3. The molecule has 0 fully saturated rings. The third kappa shape index (κ3) is 20.7. The Hall–Kier alpha value is -1.59. The lowest BCUT2D eigenvalue weighted by Gasteiger charge is -2.23. The van der Waals surface area contributed by atoms with Gasteiger partial charge < -0.3 is 42.1 Å². The molecule has 0 rings (SSSR count). The maximum absolute atomic E-state index is 10.1. The molecule has 0 unspecified atom stereocenters. The lowest BCUT2D eigenvalue weighted by atomic mass is 10.0. The number of carboxylic acids is 1. The number of aliphatic carboxylic acids is 1. The Bertz CT molecular complexity index is 413. The van der Waals surface area contributed by atoms with Crippen LogP contribution < -0.4 is 11.5 Å². The largest absolute Gasteiger partial charge is 0.479 e. The Balaban J connectivity index is -0.000000330. The van der Waals surface area contributed by atoms with E-state index in [1.54, 1.807) is 0 Å². The molecule has 0 spiro atoms. The monoisotopic (exact) mass is 354 g/mol. The smallest absolute Gasteiger partial charge is 0.394 e. The van der Waals surface area contributed by atoms with Crippen LogP contribution in [-0.2, 0) is 15.2 Å². The highest BCUT2D eigenvalue weighted by molar-refractivity contribution is 7.79. The molecule has 0 aromatic rings. The molecular formula is C7H18N2O12S. The van der Waals surface area contributed by atoms with E-state index in [-0.39, 0.29) is 0 Å². The Labute approximate surface area is 123 Å². The summed E-state index contributed by atoms with van der Waals surface area (Å²) in [6.07, 6.45) is -7.84. The van der Waals surface area contributed by atoms with Crippen molar-refractivity contribution in [3.63, 3.8) is 0 Å². The van der Waals surface area contributed by atoms with Crippen molar-refractivity contribution in [2.24, 2.45) is 11.5 Å². The molecule has 12 N–H and O–H groups in total. The van der Waals surface area contributed by atoms with Crippen LogP contribution in [-0.4, -0.2) is 91.2 Å². The van der Waals surface area contributed by atoms with E-state index < -0.39 is 53.4 Å². The fourth-order valence-corrected chi connectivity index (χ4v) is 0.668. The summed E-state index contributed by atoms with van der Waals surface area (Å²) in [4.78, 5) is 19.1. The first kappa shape index (κ1) is 25.4. The number of carboxylic acid groups (broad SMARTS) is 1. The molecule has 2 amide bonds. The molecule has 0 aromatic carbocycles. The van der Waals surface area contributed by atoms with Crippen LogP contribution in [0.15, 0.2) is 0 Å². The van der Waals surface area contributed by atoms with E-state index in [2.05, 4.69) is 11.5 Å². The standard InChI is InChI=1S/C6H12O7.CH4N2O.H2O4S/c7-1-2(8)3(9)4(10)5(11)6(12)13;2-1(3)4;1-5(2,3)4/h2-5,7-11H,1H2,(H,12,13);(H4,2,3,4);(H2,1,2,3,4)/t2-,3-,4+,5-;;/m1../s1. The number of hydrogen-bond donors (Lipinski definition) is 10. The molecule has 0 aromatic heterocycles. The van der Waals surface area contributed by atoms with Crippen LogP contribution in [0, 0.1) is 0 Å². The fourth-order valence-electron chi connectivity index (χ4n) is 0.668. The molecule has 0 heterocycles. The van der Waals surface area contributed by atoms with E-state index in [9.17, 15) is 4.79 Å². The summed E-state index contributed by atoms with van der Waals surface area (Å²) in [6.45, 7) is -0.843. The van der Waals surface area contributed by atoms with Crippen molar-refractivity contribution < 1.29 is 57.8 Å². The number of amides is 2. The Kier molecular flexibility index (Phi) is 13.8. The first-order valence-corrected chi connectivity index (χ1v) is 6.35. The minimum Gasteiger partial charge on any atom is -0.479 e. The van der Waals surface area contributed by atoms with Gasteiger partial charge in [-0.1, -0.05) is 0 Å². The van der Waals surface area contributed by atoms with Crippen LogP contribution >= 0.6 is 0 Å². The number of primary amides is 2. The summed E-state index contributed by atoms with van der Waals surface area (Å²) >= 11 is 0. The molecule has 134 valence electrons. The average molecular weight is 354 g/mol. The van der Waals surface area contributed by atoms with Gasteiger partial charge in [0.1, 0.15) is 18.3 Å². The summed E-state index contributed by atoms with van der Waals surface area (Å²) in [5.74, 6) is -1.73. The molecule has 0 aliphatic rings. The van der Waals surface area contributed by atoms with Crippen molar-refractivity contribution in [1.82, 2.24) is 0 Å². The predicted octanol–water partition coefficient (Wildman–Crippen LogP) is -5.12. The highest BCUT2D eigenvalue weighted by Crippen LogP contribution is 2.04. The predicted molar refractivity (Wildman–Crippen MR) is 66.7 cm³/mol. The van der Waals surface area contributed by atoms with E-state index in [0.717, 1.165) is 0 Å². The van der Waals surface area contributed by atoms with Crippen molar-refractivity contribution in [3.8, 4) is 0 Å². The van der Waals surface area contributed by atoms with Crippen LogP contribution in [0.25, 0.3) is 0 Å². The van der Waals surface area contributed by atoms with Gasteiger partial charge in [-0.15, -0.1) is 0 Å². The molecule has 0 saturated heterocycles. The SMILES string of the molecule is NC(N)=O.O=C(O)[C@H](O)[C@@H](O)[C@H](O)[C@H](O)CO.O=S(=O)(O)O. The number of urea groups is 1. The highest BCUT2D eigenvalue weighted by Gasteiger charge is 2.33. The van der Waals surface area contributed by atoms with Crippen LogP contribution in [0.5, 0.6) is 0 Å². The molecule has 0 aliphatic heterocycles. The Morgan fingerprint density at radius 2 is 1.23 bits per heavy atom. The zero-order valence-corrected chi connectivity index (χ0v) is 11.6. The first-order chi connectivity index (χ1) is 9.64. The van der Waals surface area contributed by atoms with Crippen LogP contribution in [0.3, 0.4) is 0 Å². The van der Waals surface area contributed by atoms with Gasteiger partial charge in [0.15, 0.2) is 6.10 Å². The lowest BCUT2D eigenvalue weighted by molar-refractivity contribution is -0.164. The molecule has 4 atom stereocenters. The summed E-state index contributed by atoms with van der Waals surface area (Å²) in [5, 5.41) is 51.8. The number of aliphatic hydroxyl groups excluding tert-OH is 5. The van der Waals surface area contributed by atoms with Gasteiger partial charge in [0.05, 0.1) is 6.61 Å². The van der Waals surface area contributed by atoms with Gasteiger partial charge in [-0.3, -0.25) is 9.11 Å². The van der Waals surface area contributed by atoms with Crippen molar-refractivity contribution >= 4 is 22.4 Å². The average Bonchev–Trinajstić information content (AvgIpc) is 2.32. The van der Waals surface area contributed by atoms with Gasteiger partial charge in [0, 0.05) is 0 Å². The van der Waals surface area contributed by atoms with Gasteiger partial charge in [-0.2, -0.15) is 8.42 Å². The fraction of sp³-hybridized carbons (Fsp3) is 0.714. The summed E-state index contributed by atoms with van der Waals surface area (Å²) in [5.41, 5.74) is 8.50. The molecule has 15 heteroatoms. The maximum Gasteiger partial charge on any atom is 0.394 e. The molecule has 0 saturated carbocycles. The van der Waals surface area contributed by atoms with Crippen LogP contribution in [0.1, 0.15) is 0 Å². The number of hydrogen-bond acceptors (Lipinski definition) is 9. The minimum absolute atomic E-state index is 0.833. The molecule has 14 nitrogen and oxygen atoms in total. The molecule has 22 heavy (non-hydrogen) atoms. The number of aliphatic hydroxyl groups is 5. The first-order valence-electron chi connectivity index (χ1n) is 4.95. The van der Waals surface area contributed by atoms with E-state index in [1.807, 2.05) is 0 Å². The van der Waals surface area contributed by atoms with Crippen LogP contribution in [0.2, 0.25) is 0 Å². The number of nitrogens with two attached hydrogens (primary N) is 2. The zero-order chi connectivity index (χ0) is 18.7. The van der Waals surface area contributed by atoms with Gasteiger partial charge in [-0.25, -0.2) is 9.59 Å². The second kappa shape index (κ2) is 12.0. The van der Waals surface area contributed by atoms with Crippen molar-refractivity contribution in [1.29, 1.82) is 0 Å². The number of carbonyl (C=O) groups is 2. The number of rotatable bonds is 5. The summed E-state index contributed by atoms with van der Waals surface area (Å²) < 4.78 is 31.6. The quantitative estimate of drug-likeness (QED) is 0.207. The van der Waals surface area contributed by atoms with Crippen molar-refractivity contribution in [3.05, 3.63) is 0 Å².